The highest BCUT2D eigenvalue weighted by atomic mass is 35.5. The molecule has 1 heterocycles. The van der Waals surface area contributed by atoms with Gasteiger partial charge in [-0.2, -0.15) is 0 Å². The lowest BCUT2D eigenvalue weighted by atomic mass is 10.0. The van der Waals surface area contributed by atoms with Crippen LogP contribution >= 0.6 is 11.6 Å². The maximum Gasteiger partial charge on any atom is 0.0706 e. The molecular formula is C16H13ClN2. The normalized spacial score (nSPS) is 10.8. The molecular weight excluding hydrogens is 256 g/mol. The van der Waals surface area contributed by atoms with Crippen molar-refractivity contribution >= 4 is 22.5 Å². The van der Waals surface area contributed by atoms with Crippen molar-refractivity contribution in [3.05, 3.63) is 65.3 Å². The van der Waals surface area contributed by atoms with Crippen LogP contribution in [0.5, 0.6) is 0 Å². The molecule has 0 radical (unpaired) electrons. The lowest BCUT2D eigenvalue weighted by molar-refractivity contribution is 1.01. The number of rotatable bonds is 2. The lowest BCUT2D eigenvalue weighted by Gasteiger charge is -2.05. The van der Waals surface area contributed by atoms with Crippen LogP contribution in [0.1, 0.15) is 5.69 Å². The van der Waals surface area contributed by atoms with Crippen molar-refractivity contribution in [3.8, 4) is 11.1 Å². The third kappa shape index (κ3) is 2.46. The Hall–Kier alpha value is -1.90. The summed E-state index contributed by atoms with van der Waals surface area (Å²) in [6, 6.07) is 18.1. The molecule has 0 spiro atoms. The first-order valence-electron chi connectivity index (χ1n) is 6.12. The average molecular weight is 269 g/mol. The van der Waals surface area contributed by atoms with Crippen molar-refractivity contribution in [3.63, 3.8) is 0 Å². The molecule has 19 heavy (non-hydrogen) atoms. The Balaban J connectivity index is 2.11. The topological polar surface area (TPSA) is 38.9 Å². The van der Waals surface area contributed by atoms with Gasteiger partial charge in [-0.25, -0.2) is 0 Å². The molecule has 3 heteroatoms. The summed E-state index contributed by atoms with van der Waals surface area (Å²) in [5.74, 6) is 0. The Morgan fingerprint density at radius 3 is 2.58 bits per heavy atom. The summed E-state index contributed by atoms with van der Waals surface area (Å²) in [5.41, 5.74) is 9.72. The molecule has 0 bridgehead atoms. The zero-order valence-corrected chi connectivity index (χ0v) is 11.1. The summed E-state index contributed by atoms with van der Waals surface area (Å²) in [6.45, 7) is 0.464. The second kappa shape index (κ2) is 5.00. The third-order valence-electron chi connectivity index (χ3n) is 3.11. The summed E-state index contributed by atoms with van der Waals surface area (Å²) < 4.78 is 0. The highest BCUT2D eigenvalue weighted by Crippen LogP contribution is 2.25. The summed E-state index contributed by atoms with van der Waals surface area (Å²) in [7, 11) is 0. The van der Waals surface area contributed by atoms with E-state index in [9.17, 15) is 0 Å². The maximum absolute atomic E-state index is 6.03. The number of halogens is 1. The highest BCUT2D eigenvalue weighted by molar-refractivity contribution is 6.30. The van der Waals surface area contributed by atoms with Gasteiger partial charge in [0.2, 0.25) is 0 Å². The molecule has 0 saturated heterocycles. The minimum atomic E-state index is 0.464. The second-order valence-electron chi connectivity index (χ2n) is 4.42. The first-order valence-corrected chi connectivity index (χ1v) is 6.50. The number of nitrogens with two attached hydrogens (primary N) is 1. The van der Waals surface area contributed by atoms with Gasteiger partial charge in [0.15, 0.2) is 0 Å². The van der Waals surface area contributed by atoms with Crippen LogP contribution in [0.4, 0.5) is 0 Å². The molecule has 94 valence electrons. The Bertz CT molecular complexity index is 738. The predicted octanol–water partition coefficient (Wildman–Crippen LogP) is 4.01. The summed E-state index contributed by atoms with van der Waals surface area (Å²) >= 11 is 6.03. The molecule has 3 aromatic rings. The summed E-state index contributed by atoms with van der Waals surface area (Å²) in [4.78, 5) is 4.49. The van der Waals surface area contributed by atoms with Gasteiger partial charge in [-0.05, 0) is 41.5 Å². The van der Waals surface area contributed by atoms with E-state index in [4.69, 9.17) is 17.3 Å². The summed E-state index contributed by atoms with van der Waals surface area (Å²) in [5, 5.41) is 1.85. The molecule has 1 aromatic heterocycles. The smallest absolute Gasteiger partial charge is 0.0706 e. The van der Waals surface area contributed by atoms with E-state index in [1.54, 1.807) is 0 Å². The largest absolute Gasteiger partial charge is 0.325 e. The zero-order chi connectivity index (χ0) is 13.2. The van der Waals surface area contributed by atoms with Gasteiger partial charge in [-0.3, -0.25) is 4.98 Å². The molecule has 3 rings (SSSR count). The van der Waals surface area contributed by atoms with E-state index in [0.29, 0.717) is 6.54 Å². The van der Waals surface area contributed by atoms with Crippen molar-refractivity contribution in [2.24, 2.45) is 5.73 Å². The van der Waals surface area contributed by atoms with E-state index >= 15 is 0 Å². The molecule has 2 aromatic carbocycles. The third-order valence-corrected chi connectivity index (χ3v) is 3.35. The van der Waals surface area contributed by atoms with Gasteiger partial charge in [0, 0.05) is 17.0 Å². The van der Waals surface area contributed by atoms with Crippen LogP contribution in [0.15, 0.2) is 54.6 Å². The molecule has 0 aliphatic rings. The fourth-order valence-corrected chi connectivity index (χ4v) is 2.32. The number of nitrogens with zero attached hydrogens (tertiary/aromatic N) is 1. The van der Waals surface area contributed by atoms with Crippen molar-refractivity contribution < 1.29 is 0 Å². The van der Waals surface area contributed by atoms with Crippen molar-refractivity contribution in [2.45, 2.75) is 6.54 Å². The first kappa shape index (κ1) is 12.2. The molecule has 0 unspecified atom stereocenters. The highest BCUT2D eigenvalue weighted by Gasteiger charge is 2.02. The van der Waals surface area contributed by atoms with Crippen LogP contribution in [-0.2, 0) is 6.54 Å². The van der Waals surface area contributed by atoms with Crippen LogP contribution in [0.25, 0.3) is 22.0 Å². The quantitative estimate of drug-likeness (QED) is 0.763. The average Bonchev–Trinajstić information content (AvgIpc) is 2.46. The van der Waals surface area contributed by atoms with Crippen LogP contribution in [0, 0.1) is 0 Å². The van der Waals surface area contributed by atoms with E-state index < -0.39 is 0 Å². The number of benzene rings is 2. The number of hydrogen-bond donors (Lipinski definition) is 1. The second-order valence-corrected chi connectivity index (χ2v) is 4.86. The first-order chi connectivity index (χ1) is 9.26. The molecule has 0 atom stereocenters. The standard InChI is InChI=1S/C16H13ClN2/c17-14-3-1-2-11(9-14)12-5-7-16-13(8-12)4-6-15(10-18)19-16/h1-9H,10,18H2. The van der Waals surface area contributed by atoms with Gasteiger partial charge < -0.3 is 5.73 Å². The monoisotopic (exact) mass is 268 g/mol. The van der Waals surface area contributed by atoms with Crippen LogP contribution in [-0.4, -0.2) is 4.98 Å². The molecule has 0 fully saturated rings. The molecule has 0 aliphatic heterocycles. The fourth-order valence-electron chi connectivity index (χ4n) is 2.13. The zero-order valence-electron chi connectivity index (χ0n) is 10.3. The van der Waals surface area contributed by atoms with Crippen LogP contribution in [0.2, 0.25) is 5.02 Å². The van der Waals surface area contributed by atoms with E-state index in [2.05, 4.69) is 29.2 Å². The maximum atomic E-state index is 6.03. The number of aromatic nitrogens is 1. The molecule has 2 nitrogen and oxygen atoms in total. The minimum Gasteiger partial charge on any atom is -0.325 e. The van der Waals surface area contributed by atoms with Gasteiger partial charge in [0.25, 0.3) is 0 Å². The molecule has 2 N–H and O–H groups in total. The minimum absolute atomic E-state index is 0.464. The Morgan fingerprint density at radius 2 is 1.79 bits per heavy atom. The number of hydrogen-bond acceptors (Lipinski definition) is 2. The van der Waals surface area contributed by atoms with Crippen LogP contribution in [0.3, 0.4) is 0 Å². The Morgan fingerprint density at radius 1 is 0.947 bits per heavy atom. The van der Waals surface area contributed by atoms with E-state index in [1.807, 2.05) is 30.3 Å². The van der Waals surface area contributed by atoms with E-state index in [-0.39, 0.29) is 0 Å². The van der Waals surface area contributed by atoms with Gasteiger partial charge in [0.05, 0.1) is 11.2 Å². The molecule has 0 saturated carbocycles. The van der Waals surface area contributed by atoms with Gasteiger partial charge >= 0.3 is 0 Å². The van der Waals surface area contributed by atoms with E-state index in [1.165, 1.54) is 0 Å². The van der Waals surface area contributed by atoms with Crippen molar-refractivity contribution in [2.75, 3.05) is 0 Å². The van der Waals surface area contributed by atoms with Gasteiger partial charge in [0.1, 0.15) is 0 Å². The predicted molar refractivity (Wildman–Crippen MR) is 80.1 cm³/mol. The fraction of sp³-hybridized carbons (Fsp3) is 0.0625. The van der Waals surface area contributed by atoms with Crippen molar-refractivity contribution in [1.82, 2.24) is 4.98 Å². The van der Waals surface area contributed by atoms with Gasteiger partial charge in [-0.15, -0.1) is 0 Å². The van der Waals surface area contributed by atoms with Crippen LogP contribution < -0.4 is 5.73 Å². The molecule has 0 aliphatic carbocycles. The number of fused-ring (bicyclic) bond motifs is 1. The number of pyridine rings is 1. The summed E-state index contributed by atoms with van der Waals surface area (Å²) in [6.07, 6.45) is 0. The molecule has 0 amide bonds. The van der Waals surface area contributed by atoms with Gasteiger partial charge in [-0.1, -0.05) is 35.9 Å². The Kier molecular flexibility index (Phi) is 3.20. The van der Waals surface area contributed by atoms with E-state index in [0.717, 1.165) is 32.7 Å². The Labute approximate surface area is 116 Å². The SMILES string of the molecule is NCc1ccc2cc(-c3cccc(Cl)c3)ccc2n1. The lowest BCUT2D eigenvalue weighted by Crippen LogP contribution is -1.98. The van der Waals surface area contributed by atoms with Crippen molar-refractivity contribution in [1.29, 1.82) is 0 Å².